The zero-order chi connectivity index (χ0) is 15.5. The van der Waals surface area contributed by atoms with Crippen LogP contribution in [0.3, 0.4) is 0 Å². The lowest BCUT2D eigenvalue weighted by Crippen LogP contribution is -2.49. The fourth-order valence-electron chi connectivity index (χ4n) is 2.90. The van der Waals surface area contributed by atoms with Crippen molar-refractivity contribution in [3.8, 4) is 11.5 Å². The van der Waals surface area contributed by atoms with Gasteiger partial charge in [0.05, 0.1) is 18.7 Å². The normalized spacial score (nSPS) is 26.7. The van der Waals surface area contributed by atoms with Crippen LogP contribution in [0.5, 0.6) is 11.5 Å². The SMILES string of the molecule is CCN(C[C@@H]1COc2ccccc2O1)C(=O)[C@@H]1C[C@H](O)CN1. The lowest BCUT2D eigenvalue weighted by molar-refractivity contribution is -0.134. The number of rotatable bonds is 4. The van der Waals surface area contributed by atoms with Gasteiger partial charge in [-0.25, -0.2) is 0 Å². The van der Waals surface area contributed by atoms with E-state index in [9.17, 15) is 9.90 Å². The number of likely N-dealkylation sites (N-methyl/N-ethyl adjacent to an activating group) is 1. The highest BCUT2D eigenvalue weighted by Gasteiger charge is 2.32. The van der Waals surface area contributed by atoms with Crippen molar-refractivity contribution in [3.05, 3.63) is 24.3 Å². The number of para-hydroxylation sites is 2. The second-order valence-corrected chi connectivity index (χ2v) is 5.72. The summed E-state index contributed by atoms with van der Waals surface area (Å²) in [5.41, 5.74) is 0. The first-order valence-corrected chi connectivity index (χ1v) is 7.76. The highest BCUT2D eigenvalue weighted by Crippen LogP contribution is 2.31. The number of hydrogen-bond acceptors (Lipinski definition) is 5. The lowest BCUT2D eigenvalue weighted by atomic mass is 10.1. The van der Waals surface area contributed by atoms with E-state index in [1.54, 1.807) is 4.90 Å². The van der Waals surface area contributed by atoms with Gasteiger partial charge in [0.2, 0.25) is 5.91 Å². The van der Waals surface area contributed by atoms with Gasteiger partial charge in [0.15, 0.2) is 17.6 Å². The number of aliphatic hydroxyl groups is 1. The van der Waals surface area contributed by atoms with Gasteiger partial charge in [-0.05, 0) is 25.5 Å². The third-order valence-corrected chi connectivity index (χ3v) is 4.09. The van der Waals surface area contributed by atoms with Crippen LogP contribution in [0.15, 0.2) is 24.3 Å². The van der Waals surface area contributed by atoms with Gasteiger partial charge in [0.1, 0.15) is 6.61 Å². The smallest absolute Gasteiger partial charge is 0.239 e. The van der Waals surface area contributed by atoms with Crippen molar-refractivity contribution < 1.29 is 19.4 Å². The Kier molecular flexibility index (Phi) is 4.49. The van der Waals surface area contributed by atoms with E-state index in [1.807, 2.05) is 31.2 Å². The summed E-state index contributed by atoms with van der Waals surface area (Å²) in [6.07, 6.45) is -0.140. The molecule has 1 aromatic carbocycles. The van der Waals surface area contributed by atoms with Gasteiger partial charge < -0.3 is 24.8 Å². The molecule has 1 aromatic rings. The second kappa shape index (κ2) is 6.54. The van der Waals surface area contributed by atoms with Crippen LogP contribution in [-0.4, -0.2) is 60.4 Å². The molecule has 2 N–H and O–H groups in total. The molecule has 1 fully saturated rings. The van der Waals surface area contributed by atoms with E-state index in [0.29, 0.717) is 32.7 Å². The van der Waals surface area contributed by atoms with Crippen molar-refractivity contribution >= 4 is 5.91 Å². The molecule has 6 heteroatoms. The number of benzene rings is 1. The van der Waals surface area contributed by atoms with E-state index >= 15 is 0 Å². The number of carbonyl (C=O) groups excluding carboxylic acids is 1. The van der Waals surface area contributed by atoms with E-state index in [-0.39, 0.29) is 18.1 Å². The molecule has 3 atom stereocenters. The Morgan fingerprint density at radius 1 is 1.41 bits per heavy atom. The molecular weight excluding hydrogens is 284 g/mol. The van der Waals surface area contributed by atoms with Gasteiger partial charge >= 0.3 is 0 Å². The van der Waals surface area contributed by atoms with Crippen molar-refractivity contribution in [2.75, 3.05) is 26.2 Å². The summed E-state index contributed by atoms with van der Waals surface area (Å²) in [4.78, 5) is 14.3. The Morgan fingerprint density at radius 3 is 2.86 bits per heavy atom. The molecular formula is C16H22N2O4. The van der Waals surface area contributed by atoms with Crippen molar-refractivity contribution in [1.29, 1.82) is 0 Å². The standard InChI is InChI=1S/C16H22N2O4/c1-2-18(16(20)13-7-11(19)8-17-13)9-12-10-21-14-5-3-4-6-15(14)22-12/h3-6,11-13,17,19H,2,7-10H2,1H3/t11-,12+,13-/m0/s1. The maximum atomic E-state index is 12.5. The average molecular weight is 306 g/mol. The van der Waals surface area contributed by atoms with Crippen molar-refractivity contribution in [3.63, 3.8) is 0 Å². The minimum Gasteiger partial charge on any atom is -0.486 e. The van der Waals surface area contributed by atoms with Crippen LogP contribution in [-0.2, 0) is 4.79 Å². The van der Waals surface area contributed by atoms with E-state index in [2.05, 4.69) is 5.32 Å². The molecule has 22 heavy (non-hydrogen) atoms. The number of carbonyl (C=O) groups is 1. The van der Waals surface area contributed by atoms with Crippen molar-refractivity contribution in [2.24, 2.45) is 0 Å². The molecule has 0 radical (unpaired) electrons. The number of aliphatic hydroxyl groups excluding tert-OH is 1. The largest absolute Gasteiger partial charge is 0.486 e. The molecule has 0 saturated carbocycles. The Balaban J connectivity index is 1.60. The molecule has 120 valence electrons. The van der Waals surface area contributed by atoms with Gasteiger partial charge in [-0.3, -0.25) is 4.79 Å². The summed E-state index contributed by atoms with van der Waals surface area (Å²) in [6.45, 7) is 3.94. The highest BCUT2D eigenvalue weighted by atomic mass is 16.6. The van der Waals surface area contributed by atoms with Crippen LogP contribution in [0.1, 0.15) is 13.3 Å². The Hall–Kier alpha value is -1.79. The quantitative estimate of drug-likeness (QED) is 0.842. The molecule has 2 heterocycles. The molecule has 0 bridgehead atoms. The van der Waals surface area contributed by atoms with E-state index in [1.165, 1.54) is 0 Å². The third-order valence-electron chi connectivity index (χ3n) is 4.09. The number of fused-ring (bicyclic) bond motifs is 1. The predicted octanol–water partition coefficient (Wildman–Crippen LogP) is 0.398. The average Bonchev–Trinajstić information content (AvgIpc) is 2.98. The summed E-state index contributed by atoms with van der Waals surface area (Å²) in [7, 11) is 0. The first kappa shape index (κ1) is 15.1. The number of nitrogens with zero attached hydrogens (tertiary/aromatic N) is 1. The third kappa shape index (κ3) is 3.18. The minimum absolute atomic E-state index is 0.0153. The molecule has 0 unspecified atom stereocenters. The van der Waals surface area contributed by atoms with Crippen LogP contribution in [0.2, 0.25) is 0 Å². The molecule has 0 aromatic heterocycles. The minimum atomic E-state index is -0.436. The predicted molar refractivity (Wildman–Crippen MR) is 81.0 cm³/mol. The number of nitrogens with one attached hydrogen (secondary N) is 1. The fourth-order valence-corrected chi connectivity index (χ4v) is 2.90. The van der Waals surface area contributed by atoms with Gasteiger partial charge in [0.25, 0.3) is 0 Å². The first-order chi connectivity index (χ1) is 10.7. The first-order valence-electron chi connectivity index (χ1n) is 7.76. The summed E-state index contributed by atoms with van der Waals surface area (Å²) < 4.78 is 11.6. The zero-order valence-corrected chi connectivity index (χ0v) is 12.7. The maximum absolute atomic E-state index is 12.5. The topological polar surface area (TPSA) is 71.0 Å². The summed E-state index contributed by atoms with van der Waals surface area (Å²) in [5, 5.41) is 12.6. The van der Waals surface area contributed by atoms with Gasteiger partial charge in [0, 0.05) is 13.1 Å². The van der Waals surface area contributed by atoms with E-state index in [4.69, 9.17) is 9.47 Å². The van der Waals surface area contributed by atoms with Gasteiger partial charge in [-0.15, -0.1) is 0 Å². The number of amides is 1. The molecule has 3 rings (SSSR count). The molecule has 0 aliphatic carbocycles. The Morgan fingerprint density at radius 2 is 2.18 bits per heavy atom. The van der Waals surface area contributed by atoms with Crippen molar-refractivity contribution in [1.82, 2.24) is 10.2 Å². The van der Waals surface area contributed by atoms with Crippen LogP contribution in [0.25, 0.3) is 0 Å². The summed E-state index contributed by atoms with van der Waals surface area (Å²) >= 11 is 0. The number of ether oxygens (including phenoxy) is 2. The Labute approximate surface area is 130 Å². The summed E-state index contributed by atoms with van der Waals surface area (Å²) in [5.74, 6) is 1.48. The van der Waals surface area contributed by atoms with Crippen LogP contribution in [0, 0.1) is 0 Å². The maximum Gasteiger partial charge on any atom is 0.239 e. The number of β-amino-alcohol motifs (C(OH)–C–C–N with tert-alkyl or cyclic N) is 1. The van der Waals surface area contributed by atoms with Crippen molar-refractivity contribution in [2.45, 2.75) is 31.6 Å². The molecule has 2 aliphatic rings. The number of hydrogen-bond donors (Lipinski definition) is 2. The van der Waals surface area contributed by atoms with Crippen LogP contribution < -0.4 is 14.8 Å². The molecule has 2 aliphatic heterocycles. The summed E-state index contributed by atoms with van der Waals surface area (Å²) in [6, 6.07) is 7.25. The molecule has 1 saturated heterocycles. The molecule has 1 amide bonds. The van der Waals surface area contributed by atoms with Crippen LogP contribution in [0.4, 0.5) is 0 Å². The van der Waals surface area contributed by atoms with E-state index in [0.717, 1.165) is 11.5 Å². The molecule has 6 nitrogen and oxygen atoms in total. The zero-order valence-electron chi connectivity index (χ0n) is 12.7. The lowest BCUT2D eigenvalue weighted by Gasteiger charge is -2.32. The fraction of sp³-hybridized carbons (Fsp3) is 0.562. The van der Waals surface area contributed by atoms with E-state index < -0.39 is 6.10 Å². The monoisotopic (exact) mass is 306 g/mol. The molecule has 0 spiro atoms. The Bertz CT molecular complexity index is 537. The second-order valence-electron chi connectivity index (χ2n) is 5.72. The van der Waals surface area contributed by atoms with Crippen LogP contribution >= 0.6 is 0 Å². The van der Waals surface area contributed by atoms with Gasteiger partial charge in [-0.1, -0.05) is 12.1 Å². The van der Waals surface area contributed by atoms with Gasteiger partial charge in [-0.2, -0.15) is 0 Å². The highest BCUT2D eigenvalue weighted by molar-refractivity contribution is 5.82.